The van der Waals surface area contributed by atoms with Crippen LogP contribution >= 0.6 is 12.4 Å². The highest BCUT2D eigenvalue weighted by Crippen LogP contribution is 2.10. The van der Waals surface area contributed by atoms with Gasteiger partial charge in [-0.2, -0.15) is 0 Å². The molecule has 0 bridgehead atoms. The molecule has 0 aliphatic carbocycles. The van der Waals surface area contributed by atoms with Crippen LogP contribution < -0.4 is 10.6 Å². The lowest BCUT2D eigenvalue weighted by Gasteiger charge is -2.30. The Kier molecular flexibility index (Phi) is 9.44. The summed E-state index contributed by atoms with van der Waals surface area (Å²) in [4.78, 5) is 11.5. The number of hydrogen-bond acceptors (Lipinski definition) is 4. The van der Waals surface area contributed by atoms with E-state index in [1.54, 1.807) is 7.11 Å². The quantitative estimate of drug-likeness (QED) is 0.674. The van der Waals surface area contributed by atoms with Gasteiger partial charge in [0.15, 0.2) is 0 Å². The normalized spacial score (nSPS) is 23.9. The van der Waals surface area contributed by atoms with Crippen molar-refractivity contribution in [2.24, 2.45) is 5.92 Å². The van der Waals surface area contributed by atoms with Crippen molar-refractivity contribution in [1.82, 2.24) is 10.6 Å². The van der Waals surface area contributed by atoms with Crippen LogP contribution in [0.2, 0.25) is 0 Å². The molecule has 1 saturated heterocycles. The highest BCUT2D eigenvalue weighted by Gasteiger charge is 2.22. The number of rotatable bonds is 6. The molecule has 0 aromatic rings. The van der Waals surface area contributed by atoms with Crippen LogP contribution in [0.4, 0.5) is 0 Å². The van der Waals surface area contributed by atoms with Crippen LogP contribution in [-0.2, 0) is 14.3 Å². The second kappa shape index (κ2) is 9.65. The number of carbonyl (C=O) groups excluding carboxylic acids is 1. The molecule has 102 valence electrons. The summed E-state index contributed by atoms with van der Waals surface area (Å²) in [5.74, 6) is 0.487. The van der Waals surface area contributed by atoms with Gasteiger partial charge >= 0.3 is 0 Å². The zero-order valence-corrected chi connectivity index (χ0v) is 11.3. The van der Waals surface area contributed by atoms with Gasteiger partial charge in [-0.3, -0.25) is 4.79 Å². The van der Waals surface area contributed by atoms with Crippen molar-refractivity contribution in [2.45, 2.75) is 19.4 Å². The minimum Gasteiger partial charge on any atom is -0.382 e. The Morgan fingerprint density at radius 3 is 2.88 bits per heavy atom. The third-order valence-electron chi connectivity index (χ3n) is 2.84. The van der Waals surface area contributed by atoms with E-state index in [0.29, 0.717) is 19.1 Å². The van der Waals surface area contributed by atoms with E-state index in [4.69, 9.17) is 9.47 Å². The van der Waals surface area contributed by atoms with Crippen molar-refractivity contribution < 1.29 is 14.3 Å². The molecule has 2 N–H and O–H groups in total. The molecule has 2 unspecified atom stereocenters. The van der Waals surface area contributed by atoms with Gasteiger partial charge in [-0.1, -0.05) is 6.92 Å². The lowest BCUT2D eigenvalue weighted by atomic mass is 9.95. The molecule has 0 aromatic heterocycles. The van der Waals surface area contributed by atoms with Crippen molar-refractivity contribution in [2.75, 3.05) is 40.0 Å². The average Bonchev–Trinajstić information content (AvgIpc) is 2.28. The summed E-state index contributed by atoms with van der Waals surface area (Å²) in [5, 5.41) is 6.25. The number of amides is 1. The largest absolute Gasteiger partial charge is 0.382 e. The molecule has 1 heterocycles. The summed E-state index contributed by atoms with van der Waals surface area (Å²) in [6.45, 7) is 5.16. The summed E-state index contributed by atoms with van der Waals surface area (Å²) < 4.78 is 9.98. The minimum atomic E-state index is -0.0448. The first-order valence-electron chi connectivity index (χ1n) is 5.80. The van der Waals surface area contributed by atoms with Crippen molar-refractivity contribution in [3.05, 3.63) is 0 Å². The van der Waals surface area contributed by atoms with E-state index < -0.39 is 0 Å². The zero-order chi connectivity index (χ0) is 11.8. The third kappa shape index (κ3) is 6.83. The van der Waals surface area contributed by atoms with E-state index in [9.17, 15) is 4.79 Å². The first-order chi connectivity index (χ1) is 7.74. The number of hydrogen-bond donors (Lipinski definition) is 2. The highest BCUT2D eigenvalue weighted by atomic mass is 35.5. The van der Waals surface area contributed by atoms with E-state index in [0.717, 1.165) is 19.5 Å². The first kappa shape index (κ1) is 16.6. The van der Waals surface area contributed by atoms with Gasteiger partial charge in [0.05, 0.1) is 13.2 Å². The first-order valence-corrected chi connectivity index (χ1v) is 5.80. The molecular weight excluding hydrogens is 244 g/mol. The minimum absolute atomic E-state index is 0. The Morgan fingerprint density at radius 1 is 1.47 bits per heavy atom. The number of nitrogens with one attached hydrogen (secondary N) is 2. The Hall–Kier alpha value is -0.360. The maximum absolute atomic E-state index is 11.5. The van der Waals surface area contributed by atoms with E-state index in [1.165, 1.54) is 0 Å². The van der Waals surface area contributed by atoms with Gasteiger partial charge in [-0.15, -0.1) is 12.4 Å². The van der Waals surface area contributed by atoms with Crippen LogP contribution in [0.5, 0.6) is 0 Å². The third-order valence-corrected chi connectivity index (χ3v) is 2.84. The molecule has 6 heteroatoms. The SMILES string of the molecule is COCCOCC(=O)NC1CNCCC1C.Cl. The highest BCUT2D eigenvalue weighted by molar-refractivity contribution is 5.85. The van der Waals surface area contributed by atoms with Gasteiger partial charge in [-0.05, 0) is 18.9 Å². The maximum atomic E-state index is 11.5. The average molecular weight is 267 g/mol. The number of halogens is 1. The fraction of sp³-hybridized carbons (Fsp3) is 0.909. The number of methoxy groups -OCH3 is 1. The molecule has 5 nitrogen and oxygen atoms in total. The molecule has 1 fully saturated rings. The summed E-state index contributed by atoms with van der Waals surface area (Å²) in [5.41, 5.74) is 0. The maximum Gasteiger partial charge on any atom is 0.246 e. The van der Waals surface area contributed by atoms with Crippen molar-refractivity contribution >= 4 is 18.3 Å². The summed E-state index contributed by atoms with van der Waals surface area (Å²) in [7, 11) is 1.61. The molecule has 1 amide bonds. The van der Waals surface area contributed by atoms with E-state index in [-0.39, 0.29) is 31.0 Å². The van der Waals surface area contributed by atoms with Gasteiger partial charge in [0.1, 0.15) is 6.61 Å². The summed E-state index contributed by atoms with van der Waals surface area (Å²) in [6, 6.07) is 0.229. The smallest absolute Gasteiger partial charge is 0.246 e. The van der Waals surface area contributed by atoms with Gasteiger partial charge in [0.2, 0.25) is 5.91 Å². The van der Waals surface area contributed by atoms with Gasteiger partial charge in [-0.25, -0.2) is 0 Å². The van der Waals surface area contributed by atoms with Crippen molar-refractivity contribution in [3.8, 4) is 0 Å². The van der Waals surface area contributed by atoms with E-state index >= 15 is 0 Å². The number of ether oxygens (including phenoxy) is 2. The van der Waals surface area contributed by atoms with Crippen molar-refractivity contribution in [1.29, 1.82) is 0 Å². The van der Waals surface area contributed by atoms with Gasteiger partial charge < -0.3 is 20.1 Å². The van der Waals surface area contributed by atoms with Crippen LogP contribution in [0.1, 0.15) is 13.3 Å². The Bertz CT molecular complexity index is 217. The predicted octanol–water partition coefficient (Wildman–Crippen LogP) is 0.185. The molecular formula is C11H23ClN2O3. The summed E-state index contributed by atoms with van der Waals surface area (Å²) >= 11 is 0. The van der Waals surface area contributed by atoms with Crippen molar-refractivity contribution in [3.63, 3.8) is 0 Å². The van der Waals surface area contributed by atoms with Crippen LogP contribution in [0, 0.1) is 5.92 Å². The Labute approximate surface area is 109 Å². The monoisotopic (exact) mass is 266 g/mol. The second-order valence-electron chi connectivity index (χ2n) is 4.19. The molecule has 1 rings (SSSR count). The second-order valence-corrected chi connectivity index (χ2v) is 4.19. The fourth-order valence-electron chi connectivity index (χ4n) is 1.74. The lowest BCUT2D eigenvalue weighted by Crippen LogP contribution is -2.51. The lowest BCUT2D eigenvalue weighted by molar-refractivity contribution is -0.127. The van der Waals surface area contributed by atoms with E-state index in [1.807, 2.05) is 0 Å². The molecule has 1 aliphatic rings. The molecule has 0 radical (unpaired) electrons. The Balaban J connectivity index is 0.00000256. The molecule has 0 saturated carbocycles. The topological polar surface area (TPSA) is 59.6 Å². The molecule has 2 atom stereocenters. The molecule has 0 aromatic carbocycles. The van der Waals surface area contributed by atoms with Gasteiger partial charge in [0, 0.05) is 19.7 Å². The predicted molar refractivity (Wildman–Crippen MR) is 68.5 cm³/mol. The molecule has 0 spiro atoms. The van der Waals surface area contributed by atoms with Crippen LogP contribution in [-0.4, -0.2) is 52.0 Å². The van der Waals surface area contributed by atoms with Crippen LogP contribution in [0.3, 0.4) is 0 Å². The summed E-state index contributed by atoms with van der Waals surface area (Å²) in [6.07, 6.45) is 1.11. The molecule has 17 heavy (non-hydrogen) atoms. The Morgan fingerprint density at radius 2 is 2.24 bits per heavy atom. The van der Waals surface area contributed by atoms with Gasteiger partial charge in [0.25, 0.3) is 0 Å². The van der Waals surface area contributed by atoms with E-state index in [2.05, 4.69) is 17.6 Å². The number of carbonyl (C=O) groups is 1. The molecule has 1 aliphatic heterocycles. The van der Waals surface area contributed by atoms with Crippen LogP contribution in [0.25, 0.3) is 0 Å². The zero-order valence-electron chi connectivity index (χ0n) is 10.5. The standard InChI is InChI=1S/C11H22N2O3.ClH/c1-9-3-4-12-7-10(9)13-11(14)8-16-6-5-15-2;/h9-10,12H,3-8H2,1-2H3,(H,13,14);1H. The number of piperidine rings is 1. The van der Waals surface area contributed by atoms with Crippen LogP contribution in [0.15, 0.2) is 0 Å². The fourth-order valence-corrected chi connectivity index (χ4v) is 1.74.